The predicted octanol–water partition coefficient (Wildman–Crippen LogP) is 0.917. The lowest BCUT2D eigenvalue weighted by molar-refractivity contribution is 0.779. The van der Waals surface area contributed by atoms with Gasteiger partial charge in [-0.25, -0.2) is 9.89 Å². The molecule has 0 unspecified atom stereocenters. The Hall–Kier alpha value is -1.62. The SMILES string of the molecule is Cc1cccc(-n2nn[nH]c2=O)c1Cl. The Kier molecular flexibility index (Phi) is 2.09. The van der Waals surface area contributed by atoms with Gasteiger partial charge in [-0.05, 0) is 29.0 Å². The summed E-state index contributed by atoms with van der Waals surface area (Å²) in [4.78, 5) is 11.2. The number of benzene rings is 1. The van der Waals surface area contributed by atoms with E-state index in [9.17, 15) is 4.79 Å². The molecule has 0 amide bonds. The average Bonchev–Trinajstić information content (AvgIpc) is 2.57. The van der Waals surface area contributed by atoms with Crippen LogP contribution in [-0.2, 0) is 0 Å². The molecule has 0 aliphatic carbocycles. The summed E-state index contributed by atoms with van der Waals surface area (Å²) in [6.45, 7) is 1.86. The fourth-order valence-electron chi connectivity index (χ4n) is 1.15. The zero-order valence-electron chi connectivity index (χ0n) is 7.36. The number of nitrogens with one attached hydrogen (secondary N) is 1. The number of H-pyrrole nitrogens is 1. The number of nitrogens with zero attached hydrogens (tertiary/aromatic N) is 3. The molecule has 1 aromatic heterocycles. The van der Waals surface area contributed by atoms with Crippen LogP contribution in [0.2, 0.25) is 5.02 Å². The van der Waals surface area contributed by atoms with Crippen molar-refractivity contribution in [3.63, 3.8) is 0 Å². The maximum Gasteiger partial charge on any atom is 0.365 e. The Balaban J connectivity index is 2.69. The highest BCUT2D eigenvalue weighted by atomic mass is 35.5. The van der Waals surface area contributed by atoms with Gasteiger partial charge in [0.15, 0.2) is 0 Å². The number of halogens is 1. The second-order valence-electron chi connectivity index (χ2n) is 2.83. The lowest BCUT2D eigenvalue weighted by Crippen LogP contribution is -2.16. The van der Waals surface area contributed by atoms with Crippen LogP contribution in [0.25, 0.3) is 5.69 Å². The van der Waals surface area contributed by atoms with Crippen LogP contribution < -0.4 is 5.69 Å². The van der Waals surface area contributed by atoms with Crippen LogP contribution in [0.3, 0.4) is 0 Å². The first kappa shape index (κ1) is 8.96. The van der Waals surface area contributed by atoms with Crippen molar-refractivity contribution in [1.82, 2.24) is 20.2 Å². The third kappa shape index (κ3) is 1.31. The summed E-state index contributed by atoms with van der Waals surface area (Å²) in [7, 11) is 0. The molecule has 0 saturated heterocycles. The lowest BCUT2D eigenvalue weighted by atomic mass is 10.2. The maximum atomic E-state index is 11.2. The van der Waals surface area contributed by atoms with Crippen molar-refractivity contribution in [3.05, 3.63) is 39.3 Å². The van der Waals surface area contributed by atoms with Crippen molar-refractivity contribution in [2.24, 2.45) is 0 Å². The Labute approximate surface area is 84.3 Å². The molecule has 1 aromatic carbocycles. The van der Waals surface area contributed by atoms with Gasteiger partial charge in [0.1, 0.15) is 0 Å². The first-order chi connectivity index (χ1) is 6.70. The molecule has 2 aromatic rings. The Morgan fingerprint density at radius 2 is 2.29 bits per heavy atom. The van der Waals surface area contributed by atoms with Crippen molar-refractivity contribution in [2.75, 3.05) is 0 Å². The van der Waals surface area contributed by atoms with Crippen molar-refractivity contribution >= 4 is 11.6 Å². The number of aromatic nitrogens is 4. The lowest BCUT2D eigenvalue weighted by Gasteiger charge is -2.03. The standard InChI is InChI=1S/C8H7ClN4O/c1-5-3-2-4-6(7(5)9)13-8(14)10-11-12-13/h2-4H,1H3,(H,10,12,14). The zero-order chi connectivity index (χ0) is 10.1. The summed E-state index contributed by atoms with van der Waals surface area (Å²) in [5, 5.41) is 9.69. The van der Waals surface area contributed by atoms with Gasteiger partial charge in [0, 0.05) is 0 Å². The van der Waals surface area contributed by atoms with E-state index in [1.807, 2.05) is 13.0 Å². The van der Waals surface area contributed by atoms with E-state index in [1.54, 1.807) is 12.1 Å². The second-order valence-corrected chi connectivity index (χ2v) is 3.20. The van der Waals surface area contributed by atoms with Gasteiger partial charge in [0.05, 0.1) is 10.7 Å². The van der Waals surface area contributed by atoms with E-state index in [1.165, 1.54) is 0 Å². The number of rotatable bonds is 1. The number of aromatic amines is 1. The number of tetrazole rings is 1. The number of aryl methyl sites for hydroxylation is 1. The summed E-state index contributed by atoms with van der Waals surface area (Å²) in [5.74, 6) is 0. The normalized spacial score (nSPS) is 10.4. The smallest absolute Gasteiger partial charge is 0.244 e. The van der Waals surface area contributed by atoms with Gasteiger partial charge < -0.3 is 0 Å². The van der Waals surface area contributed by atoms with Crippen LogP contribution in [0.15, 0.2) is 23.0 Å². The minimum absolute atomic E-state index is 0.405. The molecule has 14 heavy (non-hydrogen) atoms. The Bertz CT molecular complexity index is 516. The van der Waals surface area contributed by atoms with Crippen LogP contribution in [-0.4, -0.2) is 20.2 Å². The summed E-state index contributed by atoms with van der Waals surface area (Å²) < 4.78 is 1.12. The summed E-state index contributed by atoms with van der Waals surface area (Å²) in [6, 6.07) is 5.37. The third-order valence-corrected chi connectivity index (χ3v) is 2.36. The van der Waals surface area contributed by atoms with Gasteiger partial charge >= 0.3 is 5.69 Å². The molecule has 0 bridgehead atoms. The van der Waals surface area contributed by atoms with Crippen molar-refractivity contribution in [1.29, 1.82) is 0 Å². The average molecular weight is 211 g/mol. The monoisotopic (exact) mass is 210 g/mol. The topological polar surface area (TPSA) is 63.6 Å². The number of hydrogen-bond donors (Lipinski definition) is 1. The first-order valence-corrected chi connectivity index (χ1v) is 4.34. The van der Waals surface area contributed by atoms with Crippen LogP contribution in [0.5, 0.6) is 0 Å². The molecule has 0 radical (unpaired) electrons. The quantitative estimate of drug-likeness (QED) is 0.761. The minimum atomic E-state index is -0.405. The van der Waals surface area contributed by atoms with Crippen LogP contribution >= 0.6 is 11.6 Å². The highest BCUT2D eigenvalue weighted by Crippen LogP contribution is 2.21. The van der Waals surface area contributed by atoms with Gasteiger partial charge in [0.25, 0.3) is 0 Å². The van der Waals surface area contributed by atoms with Gasteiger partial charge in [-0.2, -0.15) is 4.68 Å². The molecule has 0 aliphatic rings. The highest BCUT2D eigenvalue weighted by molar-refractivity contribution is 6.33. The van der Waals surface area contributed by atoms with Crippen molar-refractivity contribution < 1.29 is 0 Å². The molecule has 72 valence electrons. The van der Waals surface area contributed by atoms with E-state index in [2.05, 4.69) is 15.5 Å². The molecule has 6 heteroatoms. The van der Waals surface area contributed by atoms with Gasteiger partial charge in [-0.1, -0.05) is 23.7 Å². The Morgan fingerprint density at radius 1 is 1.50 bits per heavy atom. The Morgan fingerprint density at radius 3 is 2.93 bits per heavy atom. The molecular formula is C8H7ClN4O. The minimum Gasteiger partial charge on any atom is -0.244 e. The molecule has 1 heterocycles. The first-order valence-electron chi connectivity index (χ1n) is 3.96. The molecule has 0 aliphatic heterocycles. The van der Waals surface area contributed by atoms with Crippen molar-refractivity contribution in [3.8, 4) is 5.69 Å². The third-order valence-electron chi connectivity index (χ3n) is 1.87. The molecule has 2 rings (SSSR count). The summed E-state index contributed by atoms with van der Waals surface area (Å²) in [6.07, 6.45) is 0. The van der Waals surface area contributed by atoms with E-state index in [-0.39, 0.29) is 0 Å². The highest BCUT2D eigenvalue weighted by Gasteiger charge is 2.08. The fraction of sp³-hybridized carbons (Fsp3) is 0.125. The molecule has 0 fully saturated rings. The second kappa shape index (κ2) is 3.26. The van der Waals surface area contributed by atoms with E-state index in [0.29, 0.717) is 10.7 Å². The predicted molar refractivity (Wildman–Crippen MR) is 51.7 cm³/mol. The van der Waals surface area contributed by atoms with Crippen LogP contribution in [0.1, 0.15) is 5.56 Å². The molecule has 5 nitrogen and oxygen atoms in total. The van der Waals surface area contributed by atoms with Crippen molar-refractivity contribution in [2.45, 2.75) is 6.92 Å². The molecule has 0 spiro atoms. The molecule has 0 saturated carbocycles. The van der Waals surface area contributed by atoms with E-state index < -0.39 is 5.69 Å². The largest absolute Gasteiger partial charge is 0.365 e. The molecule has 1 N–H and O–H groups in total. The maximum absolute atomic E-state index is 11.2. The van der Waals surface area contributed by atoms with Gasteiger partial charge in [0.2, 0.25) is 0 Å². The van der Waals surface area contributed by atoms with E-state index in [0.717, 1.165) is 10.2 Å². The number of hydrogen-bond acceptors (Lipinski definition) is 3. The van der Waals surface area contributed by atoms with Gasteiger partial charge in [-0.3, -0.25) is 0 Å². The summed E-state index contributed by atoms with van der Waals surface area (Å²) >= 11 is 6.02. The summed E-state index contributed by atoms with van der Waals surface area (Å²) in [5.41, 5.74) is 1.02. The fourth-order valence-corrected chi connectivity index (χ4v) is 1.36. The zero-order valence-corrected chi connectivity index (χ0v) is 8.12. The van der Waals surface area contributed by atoms with Crippen LogP contribution in [0, 0.1) is 6.92 Å². The van der Waals surface area contributed by atoms with E-state index in [4.69, 9.17) is 11.6 Å². The van der Waals surface area contributed by atoms with Gasteiger partial charge in [-0.15, -0.1) is 0 Å². The van der Waals surface area contributed by atoms with Crippen LogP contribution in [0.4, 0.5) is 0 Å². The molecular weight excluding hydrogens is 204 g/mol. The molecule has 0 atom stereocenters. The van der Waals surface area contributed by atoms with E-state index >= 15 is 0 Å².